The van der Waals surface area contributed by atoms with Gasteiger partial charge >= 0.3 is 5.97 Å². The Hall–Kier alpha value is -0.550. The number of halogens is 2. The van der Waals surface area contributed by atoms with Crippen LogP contribution in [0, 0.1) is 0 Å². The zero-order valence-electron chi connectivity index (χ0n) is 8.80. The molecule has 0 aromatic heterocycles. The van der Waals surface area contributed by atoms with Crippen LogP contribution in [0.1, 0.15) is 18.4 Å². The Bertz CT molecular complexity index is 368. The van der Waals surface area contributed by atoms with Gasteiger partial charge in [0.2, 0.25) is 0 Å². The molecular weight excluding hydrogens is 340 g/mol. The van der Waals surface area contributed by atoms with Crippen molar-refractivity contribution >= 4 is 37.8 Å². The van der Waals surface area contributed by atoms with E-state index in [4.69, 9.17) is 0 Å². The minimum absolute atomic E-state index is 0.191. The Kier molecular flexibility index (Phi) is 5.28. The van der Waals surface area contributed by atoms with Gasteiger partial charge in [0.05, 0.1) is 16.1 Å². The molecule has 0 fully saturated rings. The number of aryl methyl sites for hydroxylation is 1. The summed E-state index contributed by atoms with van der Waals surface area (Å²) in [6, 6.07) is 3.69. The Morgan fingerprint density at radius 3 is 2.44 bits per heavy atom. The second-order valence-electron chi connectivity index (χ2n) is 3.34. The van der Waals surface area contributed by atoms with Crippen LogP contribution in [0.3, 0.4) is 0 Å². The molecule has 0 aliphatic heterocycles. The highest BCUT2D eigenvalue weighted by atomic mass is 79.9. The first-order valence-corrected chi connectivity index (χ1v) is 6.37. The molecule has 3 nitrogen and oxygen atoms in total. The van der Waals surface area contributed by atoms with E-state index in [9.17, 15) is 9.90 Å². The highest BCUT2D eigenvalue weighted by Crippen LogP contribution is 2.33. The van der Waals surface area contributed by atoms with E-state index >= 15 is 0 Å². The molecule has 0 amide bonds. The van der Waals surface area contributed by atoms with Crippen molar-refractivity contribution in [3.63, 3.8) is 0 Å². The van der Waals surface area contributed by atoms with Crippen LogP contribution in [0.4, 0.5) is 0 Å². The first-order valence-electron chi connectivity index (χ1n) is 4.78. The monoisotopic (exact) mass is 350 g/mol. The topological polar surface area (TPSA) is 46.5 Å². The fraction of sp³-hybridized carbons (Fsp3) is 0.364. The number of esters is 1. The van der Waals surface area contributed by atoms with E-state index in [-0.39, 0.29) is 11.7 Å². The molecule has 0 heterocycles. The first kappa shape index (κ1) is 13.5. The molecule has 1 N–H and O–H groups in total. The second kappa shape index (κ2) is 6.25. The predicted molar refractivity (Wildman–Crippen MR) is 68.5 cm³/mol. The molecule has 1 rings (SSSR count). The number of methoxy groups -OCH3 is 1. The third-order valence-corrected chi connectivity index (χ3v) is 3.36. The molecule has 0 aliphatic carbocycles. The summed E-state index contributed by atoms with van der Waals surface area (Å²) in [7, 11) is 1.38. The number of hydrogen-bond acceptors (Lipinski definition) is 3. The van der Waals surface area contributed by atoms with Gasteiger partial charge in [-0.3, -0.25) is 4.79 Å². The molecule has 0 aliphatic rings. The molecule has 5 heteroatoms. The van der Waals surface area contributed by atoms with E-state index < -0.39 is 0 Å². The van der Waals surface area contributed by atoms with Crippen LogP contribution >= 0.6 is 31.9 Å². The van der Waals surface area contributed by atoms with Crippen LogP contribution in [0.15, 0.2) is 21.1 Å². The average molecular weight is 352 g/mol. The molecule has 0 saturated carbocycles. The number of hydrogen-bond donors (Lipinski definition) is 1. The van der Waals surface area contributed by atoms with Gasteiger partial charge < -0.3 is 9.84 Å². The van der Waals surface area contributed by atoms with Gasteiger partial charge in [0, 0.05) is 6.42 Å². The number of ether oxygens (including phenoxy) is 1. The fourth-order valence-electron chi connectivity index (χ4n) is 1.30. The molecule has 0 saturated heterocycles. The van der Waals surface area contributed by atoms with E-state index in [0.29, 0.717) is 15.4 Å². The molecule has 1 aromatic rings. The van der Waals surface area contributed by atoms with Crippen molar-refractivity contribution in [2.75, 3.05) is 7.11 Å². The SMILES string of the molecule is COC(=O)CCCc1cc(Br)c(O)c(Br)c1. The first-order chi connectivity index (χ1) is 7.54. The lowest BCUT2D eigenvalue weighted by Crippen LogP contribution is -2.00. The maximum atomic E-state index is 10.9. The van der Waals surface area contributed by atoms with Gasteiger partial charge in [-0.2, -0.15) is 0 Å². The molecule has 0 radical (unpaired) electrons. The lowest BCUT2D eigenvalue weighted by molar-refractivity contribution is -0.140. The Labute approximate surface area is 111 Å². The second-order valence-corrected chi connectivity index (χ2v) is 5.05. The quantitative estimate of drug-likeness (QED) is 0.845. The summed E-state index contributed by atoms with van der Waals surface area (Å²) in [4.78, 5) is 10.9. The van der Waals surface area contributed by atoms with Gasteiger partial charge in [-0.05, 0) is 62.4 Å². The number of carbonyl (C=O) groups is 1. The average Bonchev–Trinajstić information content (AvgIpc) is 2.25. The number of phenols is 1. The number of rotatable bonds is 4. The maximum Gasteiger partial charge on any atom is 0.305 e. The zero-order valence-corrected chi connectivity index (χ0v) is 12.0. The van der Waals surface area contributed by atoms with Crippen LogP contribution < -0.4 is 0 Å². The smallest absolute Gasteiger partial charge is 0.305 e. The van der Waals surface area contributed by atoms with Gasteiger partial charge in [0.15, 0.2) is 0 Å². The number of benzene rings is 1. The molecule has 16 heavy (non-hydrogen) atoms. The van der Waals surface area contributed by atoms with E-state index in [1.807, 2.05) is 12.1 Å². The molecular formula is C11H12Br2O3. The summed E-state index contributed by atoms with van der Waals surface area (Å²) < 4.78 is 5.85. The lowest BCUT2D eigenvalue weighted by atomic mass is 10.1. The molecule has 1 aromatic carbocycles. The summed E-state index contributed by atoms with van der Waals surface area (Å²) in [6.07, 6.45) is 1.91. The maximum absolute atomic E-state index is 10.9. The summed E-state index contributed by atoms with van der Waals surface area (Å²) in [5.74, 6) is -0.00590. The van der Waals surface area contributed by atoms with Crippen molar-refractivity contribution in [1.29, 1.82) is 0 Å². The van der Waals surface area contributed by atoms with E-state index in [1.165, 1.54) is 7.11 Å². The van der Waals surface area contributed by atoms with Crippen molar-refractivity contribution in [2.45, 2.75) is 19.3 Å². The standard InChI is InChI=1S/C11H12Br2O3/c1-16-10(14)4-2-3-7-5-8(12)11(15)9(13)6-7/h5-6,15H,2-4H2,1H3. The number of carbonyl (C=O) groups excluding carboxylic acids is 1. The van der Waals surface area contributed by atoms with E-state index in [0.717, 1.165) is 18.4 Å². The van der Waals surface area contributed by atoms with Crippen LogP contribution in [0.5, 0.6) is 5.75 Å². The van der Waals surface area contributed by atoms with Crippen molar-refractivity contribution < 1.29 is 14.6 Å². The molecule has 0 bridgehead atoms. The third-order valence-electron chi connectivity index (χ3n) is 2.15. The number of phenolic OH excluding ortho intramolecular Hbond substituents is 1. The summed E-state index contributed by atoms with van der Waals surface area (Å²) in [5.41, 5.74) is 1.06. The third kappa shape index (κ3) is 3.79. The minimum atomic E-state index is -0.197. The van der Waals surface area contributed by atoms with Crippen LogP contribution in [0.25, 0.3) is 0 Å². The lowest BCUT2D eigenvalue weighted by Gasteiger charge is -2.05. The summed E-state index contributed by atoms with van der Waals surface area (Å²) in [5, 5.41) is 9.51. The Morgan fingerprint density at radius 2 is 1.94 bits per heavy atom. The largest absolute Gasteiger partial charge is 0.506 e. The van der Waals surface area contributed by atoms with Crippen molar-refractivity contribution in [3.05, 3.63) is 26.6 Å². The molecule has 0 spiro atoms. The predicted octanol–water partition coefficient (Wildman–Crippen LogP) is 3.41. The van der Waals surface area contributed by atoms with E-state index in [1.54, 1.807) is 0 Å². The van der Waals surface area contributed by atoms with Crippen molar-refractivity contribution in [3.8, 4) is 5.75 Å². The minimum Gasteiger partial charge on any atom is -0.506 e. The van der Waals surface area contributed by atoms with Crippen LogP contribution in [0.2, 0.25) is 0 Å². The van der Waals surface area contributed by atoms with Gasteiger partial charge in [0.1, 0.15) is 5.75 Å². The zero-order chi connectivity index (χ0) is 12.1. The van der Waals surface area contributed by atoms with Gasteiger partial charge in [-0.15, -0.1) is 0 Å². The number of aromatic hydroxyl groups is 1. The van der Waals surface area contributed by atoms with Crippen molar-refractivity contribution in [1.82, 2.24) is 0 Å². The Morgan fingerprint density at radius 1 is 1.38 bits per heavy atom. The fourth-order valence-corrected chi connectivity index (χ4v) is 2.58. The van der Waals surface area contributed by atoms with E-state index in [2.05, 4.69) is 36.6 Å². The molecule has 0 unspecified atom stereocenters. The molecule has 88 valence electrons. The summed E-state index contributed by atoms with van der Waals surface area (Å²) in [6.45, 7) is 0. The van der Waals surface area contributed by atoms with Crippen LogP contribution in [-0.4, -0.2) is 18.2 Å². The highest BCUT2D eigenvalue weighted by Gasteiger charge is 2.06. The highest BCUT2D eigenvalue weighted by molar-refractivity contribution is 9.11. The van der Waals surface area contributed by atoms with Gasteiger partial charge in [-0.1, -0.05) is 0 Å². The molecule has 0 atom stereocenters. The van der Waals surface area contributed by atoms with Gasteiger partial charge in [0.25, 0.3) is 0 Å². The summed E-state index contributed by atoms with van der Waals surface area (Å²) >= 11 is 6.52. The normalized spacial score (nSPS) is 10.2. The Balaban J connectivity index is 2.58. The van der Waals surface area contributed by atoms with Crippen LogP contribution in [-0.2, 0) is 16.0 Å². The van der Waals surface area contributed by atoms with Gasteiger partial charge in [-0.25, -0.2) is 0 Å². The van der Waals surface area contributed by atoms with Crippen molar-refractivity contribution in [2.24, 2.45) is 0 Å².